The summed E-state index contributed by atoms with van der Waals surface area (Å²) in [5.41, 5.74) is 1.05. The summed E-state index contributed by atoms with van der Waals surface area (Å²) in [6.07, 6.45) is 0. The third-order valence-corrected chi connectivity index (χ3v) is 2.38. The van der Waals surface area contributed by atoms with Crippen LogP contribution < -0.4 is 10.6 Å². The lowest BCUT2D eigenvalue weighted by Crippen LogP contribution is -2.05. The molecule has 116 valence electrons. The number of hydrogen-bond donors (Lipinski definition) is 4. The highest BCUT2D eigenvalue weighted by Crippen LogP contribution is 2.20. The van der Waals surface area contributed by atoms with Crippen molar-refractivity contribution in [3.8, 4) is 11.5 Å². The van der Waals surface area contributed by atoms with Crippen LogP contribution in [0.25, 0.3) is 0 Å². The van der Waals surface area contributed by atoms with Crippen molar-refractivity contribution in [3.05, 3.63) is 48.5 Å². The molecule has 2 aromatic rings. The SMILES string of the molecule is CC(=O)Nc1cccc(O)c1.CC(=O)Nc1ccccc1O. The minimum absolute atomic E-state index is 0.0858. The van der Waals surface area contributed by atoms with Crippen molar-refractivity contribution in [1.29, 1.82) is 0 Å². The lowest BCUT2D eigenvalue weighted by Gasteiger charge is -2.02. The molecule has 0 aliphatic rings. The van der Waals surface area contributed by atoms with Crippen molar-refractivity contribution in [1.82, 2.24) is 0 Å². The summed E-state index contributed by atoms with van der Waals surface area (Å²) >= 11 is 0. The Morgan fingerprint density at radius 1 is 0.864 bits per heavy atom. The highest BCUT2D eigenvalue weighted by molar-refractivity contribution is 5.90. The topological polar surface area (TPSA) is 98.7 Å². The zero-order valence-electron chi connectivity index (χ0n) is 12.3. The molecule has 0 spiro atoms. The quantitative estimate of drug-likeness (QED) is 0.641. The molecule has 0 aromatic heterocycles. The molecular formula is C16H18N2O4. The predicted octanol–water partition coefficient (Wildman–Crippen LogP) is 2.70. The van der Waals surface area contributed by atoms with Crippen LogP contribution in [0.15, 0.2) is 48.5 Å². The highest BCUT2D eigenvalue weighted by atomic mass is 16.3. The molecule has 4 N–H and O–H groups in total. The molecule has 0 unspecified atom stereocenters. The maximum absolute atomic E-state index is 10.5. The van der Waals surface area contributed by atoms with Gasteiger partial charge in [-0.25, -0.2) is 0 Å². The van der Waals surface area contributed by atoms with E-state index in [1.165, 1.54) is 26.0 Å². The summed E-state index contributed by atoms with van der Waals surface area (Å²) in [6, 6.07) is 13.0. The average molecular weight is 302 g/mol. The lowest BCUT2D eigenvalue weighted by molar-refractivity contribution is -0.115. The number of para-hydroxylation sites is 2. The molecule has 0 atom stereocenters. The van der Waals surface area contributed by atoms with Gasteiger partial charge in [-0.15, -0.1) is 0 Å². The van der Waals surface area contributed by atoms with Crippen LogP contribution in [0.2, 0.25) is 0 Å². The smallest absolute Gasteiger partial charge is 0.221 e. The third-order valence-electron chi connectivity index (χ3n) is 2.38. The number of amides is 2. The van der Waals surface area contributed by atoms with E-state index in [0.29, 0.717) is 11.4 Å². The number of anilines is 2. The van der Waals surface area contributed by atoms with Gasteiger partial charge in [0.2, 0.25) is 11.8 Å². The zero-order chi connectivity index (χ0) is 16.5. The first-order valence-corrected chi connectivity index (χ1v) is 6.50. The normalized spacial score (nSPS) is 9.18. The van der Waals surface area contributed by atoms with E-state index >= 15 is 0 Å². The molecule has 2 amide bonds. The van der Waals surface area contributed by atoms with Crippen molar-refractivity contribution in [3.63, 3.8) is 0 Å². The van der Waals surface area contributed by atoms with Crippen LogP contribution in [-0.4, -0.2) is 22.0 Å². The van der Waals surface area contributed by atoms with Gasteiger partial charge >= 0.3 is 0 Å². The molecule has 0 fully saturated rings. The lowest BCUT2D eigenvalue weighted by atomic mass is 10.3. The zero-order valence-corrected chi connectivity index (χ0v) is 12.3. The number of phenolic OH excluding ortho intramolecular Hbond substituents is 2. The van der Waals surface area contributed by atoms with Crippen LogP contribution in [0.1, 0.15) is 13.8 Å². The van der Waals surface area contributed by atoms with Gasteiger partial charge in [0, 0.05) is 25.6 Å². The Balaban J connectivity index is 0.000000220. The fourth-order valence-electron chi connectivity index (χ4n) is 1.56. The van der Waals surface area contributed by atoms with Crippen LogP contribution in [0.3, 0.4) is 0 Å². The first-order valence-electron chi connectivity index (χ1n) is 6.50. The highest BCUT2D eigenvalue weighted by Gasteiger charge is 1.98. The molecule has 0 radical (unpaired) electrons. The summed E-state index contributed by atoms with van der Waals surface area (Å²) in [7, 11) is 0. The molecular weight excluding hydrogens is 284 g/mol. The van der Waals surface area contributed by atoms with Gasteiger partial charge in [0.25, 0.3) is 0 Å². The number of carbonyl (C=O) groups is 2. The average Bonchev–Trinajstić information content (AvgIpc) is 2.41. The Labute approximate surface area is 128 Å². The number of phenols is 2. The molecule has 6 nitrogen and oxygen atoms in total. The second-order valence-electron chi connectivity index (χ2n) is 4.43. The van der Waals surface area contributed by atoms with Crippen molar-refractivity contribution >= 4 is 23.2 Å². The number of nitrogens with one attached hydrogen (secondary N) is 2. The van der Waals surface area contributed by atoms with Crippen LogP contribution in [0, 0.1) is 0 Å². The van der Waals surface area contributed by atoms with E-state index in [9.17, 15) is 9.59 Å². The molecule has 0 saturated carbocycles. The first kappa shape index (κ1) is 17.0. The largest absolute Gasteiger partial charge is 0.508 e. The number of aromatic hydroxyl groups is 2. The van der Waals surface area contributed by atoms with Gasteiger partial charge in [-0.3, -0.25) is 9.59 Å². The van der Waals surface area contributed by atoms with Crippen LogP contribution >= 0.6 is 0 Å². The van der Waals surface area contributed by atoms with Gasteiger partial charge in [0.05, 0.1) is 5.69 Å². The first-order chi connectivity index (χ1) is 10.4. The van der Waals surface area contributed by atoms with Crippen LogP contribution in [0.4, 0.5) is 11.4 Å². The van der Waals surface area contributed by atoms with E-state index in [-0.39, 0.29) is 23.3 Å². The predicted molar refractivity (Wildman–Crippen MR) is 84.8 cm³/mol. The monoisotopic (exact) mass is 302 g/mol. The Morgan fingerprint density at radius 3 is 2.05 bits per heavy atom. The number of benzene rings is 2. The maximum Gasteiger partial charge on any atom is 0.221 e. The van der Waals surface area contributed by atoms with Gasteiger partial charge in [0.15, 0.2) is 0 Å². The van der Waals surface area contributed by atoms with Gasteiger partial charge in [-0.2, -0.15) is 0 Å². The van der Waals surface area contributed by atoms with E-state index in [1.807, 2.05) is 0 Å². The van der Waals surface area contributed by atoms with Crippen molar-refractivity contribution in [2.24, 2.45) is 0 Å². The molecule has 0 heterocycles. The van der Waals surface area contributed by atoms with Gasteiger partial charge < -0.3 is 20.8 Å². The number of hydrogen-bond acceptors (Lipinski definition) is 4. The molecule has 0 aliphatic heterocycles. The Kier molecular flexibility index (Phi) is 6.43. The van der Waals surface area contributed by atoms with E-state index in [2.05, 4.69) is 10.6 Å². The van der Waals surface area contributed by atoms with Crippen molar-refractivity contribution in [2.45, 2.75) is 13.8 Å². The molecule has 0 aliphatic carbocycles. The number of carbonyl (C=O) groups excluding carboxylic acids is 2. The minimum atomic E-state index is -0.188. The van der Waals surface area contributed by atoms with Crippen molar-refractivity contribution < 1.29 is 19.8 Å². The number of rotatable bonds is 2. The summed E-state index contributed by atoms with van der Waals surface area (Å²) in [5.74, 6) is -0.0962. The summed E-state index contributed by atoms with van der Waals surface area (Å²) in [4.78, 5) is 21.1. The Hall–Kier alpha value is -3.02. The second-order valence-corrected chi connectivity index (χ2v) is 4.43. The fourth-order valence-corrected chi connectivity index (χ4v) is 1.56. The van der Waals surface area contributed by atoms with Gasteiger partial charge in [-0.05, 0) is 24.3 Å². The van der Waals surface area contributed by atoms with E-state index in [0.717, 1.165) is 0 Å². The molecule has 6 heteroatoms. The summed E-state index contributed by atoms with van der Waals surface area (Å²) in [6.45, 7) is 2.82. The Morgan fingerprint density at radius 2 is 1.50 bits per heavy atom. The van der Waals surface area contributed by atoms with E-state index in [1.54, 1.807) is 36.4 Å². The fraction of sp³-hybridized carbons (Fsp3) is 0.125. The van der Waals surface area contributed by atoms with Crippen molar-refractivity contribution in [2.75, 3.05) is 10.6 Å². The summed E-state index contributed by atoms with van der Waals surface area (Å²) in [5, 5.41) is 23.2. The molecule has 22 heavy (non-hydrogen) atoms. The standard InChI is InChI=1S/2C8H9NO2/c1-6(10)9-7-3-2-4-8(11)5-7;1-6(10)9-7-4-2-3-5-8(7)11/h2*2-5,11H,1H3,(H,9,10). The van der Waals surface area contributed by atoms with Gasteiger partial charge in [0.1, 0.15) is 11.5 Å². The second kappa shape index (κ2) is 8.31. The van der Waals surface area contributed by atoms with Crippen LogP contribution in [0.5, 0.6) is 11.5 Å². The Bertz CT molecular complexity index is 656. The van der Waals surface area contributed by atoms with E-state index in [4.69, 9.17) is 10.2 Å². The summed E-state index contributed by atoms with van der Waals surface area (Å²) < 4.78 is 0. The van der Waals surface area contributed by atoms with Crippen LogP contribution in [-0.2, 0) is 9.59 Å². The van der Waals surface area contributed by atoms with E-state index < -0.39 is 0 Å². The molecule has 2 aromatic carbocycles. The maximum atomic E-state index is 10.5. The molecule has 0 bridgehead atoms. The third kappa shape index (κ3) is 6.42. The molecule has 2 rings (SSSR count). The minimum Gasteiger partial charge on any atom is -0.508 e. The van der Waals surface area contributed by atoms with Gasteiger partial charge in [-0.1, -0.05) is 18.2 Å². The molecule has 0 saturated heterocycles.